The Morgan fingerprint density at radius 1 is 1.29 bits per heavy atom. The summed E-state index contributed by atoms with van der Waals surface area (Å²) in [7, 11) is 0. The van der Waals surface area contributed by atoms with Crippen LogP contribution >= 0.6 is 11.8 Å². The van der Waals surface area contributed by atoms with E-state index in [0.717, 1.165) is 38.0 Å². The van der Waals surface area contributed by atoms with E-state index >= 15 is 0 Å². The standard InChI is InChI=1S/C18H28N4OS/c1-15(14-16-4-2-3-7-19-16)20-18(23)22-8-5-17(6-9-22)21-10-12-24-13-11-21/h2-4,7,15,17H,5-6,8-14H2,1H3,(H,20,23)/t15-/m0/s1. The second-order valence-electron chi connectivity index (χ2n) is 6.74. The fourth-order valence-electron chi connectivity index (χ4n) is 3.56. The lowest BCUT2D eigenvalue weighted by molar-refractivity contribution is 0.123. The summed E-state index contributed by atoms with van der Waals surface area (Å²) in [4.78, 5) is 21.4. The third-order valence-electron chi connectivity index (χ3n) is 4.93. The monoisotopic (exact) mass is 348 g/mol. The van der Waals surface area contributed by atoms with Gasteiger partial charge in [-0.05, 0) is 31.9 Å². The fraction of sp³-hybridized carbons (Fsp3) is 0.667. The first-order chi connectivity index (χ1) is 11.7. The van der Waals surface area contributed by atoms with Crippen molar-refractivity contribution in [1.82, 2.24) is 20.1 Å². The van der Waals surface area contributed by atoms with E-state index < -0.39 is 0 Å². The van der Waals surface area contributed by atoms with Crippen LogP contribution in [0, 0.1) is 0 Å². The lowest BCUT2D eigenvalue weighted by Crippen LogP contribution is -2.52. The molecule has 0 aromatic carbocycles. The molecular weight excluding hydrogens is 320 g/mol. The van der Waals surface area contributed by atoms with Crippen LogP contribution in [0.2, 0.25) is 0 Å². The summed E-state index contributed by atoms with van der Waals surface area (Å²) in [6, 6.07) is 6.75. The minimum absolute atomic E-state index is 0.0751. The summed E-state index contributed by atoms with van der Waals surface area (Å²) in [6.45, 7) is 6.21. The van der Waals surface area contributed by atoms with Crippen LogP contribution in [-0.4, -0.2) is 70.6 Å². The second kappa shape index (κ2) is 8.72. The Bertz CT molecular complexity index is 513. The molecule has 0 spiro atoms. The van der Waals surface area contributed by atoms with Gasteiger partial charge in [0.25, 0.3) is 0 Å². The van der Waals surface area contributed by atoms with Crippen molar-refractivity contribution in [3.63, 3.8) is 0 Å². The molecule has 1 N–H and O–H groups in total. The lowest BCUT2D eigenvalue weighted by Gasteiger charge is -2.40. The van der Waals surface area contributed by atoms with Gasteiger partial charge in [-0.25, -0.2) is 4.79 Å². The van der Waals surface area contributed by atoms with Crippen molar-refractivity contribution < 1.29 is 4.79 Å². The maximum atomic E-state index is 12.5. The molecule has 5 nitrogen and oxygen atoms in total. The molecule has 2 aliphatic rings. The minimum Gasteiger partial charge on any atom is -0.335 e. The molecule has 3 heterocycles. The van der Waals surface area contributed by atoms with Crippen LogP contribution in [0.4, 0.5) is 4.79 Å². The molecule has 24 heavy (non-hydrogen) atoms. The Balaban J connectivity index is 1.41. The zero-order valence-electron chi connectivity index (χ0n) is 14.5. The number of piperidine rings is 1. The predicted octanol–water partition coefficient (Wildman–Crippen LogP) is 2.24. The predicted molar refractivity (Wildman–Crippen MR) is 99.4 cm³/mol. The highest BCUT2D eigenvalue weighted by Crippen LogP contribution is 2.20. The zero-order valence-corrected chi connectivity index (χ0v) is 15.3. The summed E-state index contributed by atoms with van der Waals surface area (Å²) in [5, 5.41) is 3.12. The maximum absolute atomic E-state index is 12.5. The first kappa shape index (κ1) is 17.5. The van der Waals surface area contributed by atoms with Gasteiger partial charge in [0, 0.05) is 68.1 Å². The fourth-order valence-corrected chi connectivity index (χ4v) is 4.49. The molecule has 2 aliphatic heterocycles. The van der Waals surface area contributed by atoms with E-state index in [1.807, 2.05) is 30.0 Å². The topological polar surface area (TPSA) is 48.5 Å². The number of nitrogens with zero attached hydrogens (tertiary/aromatic N) is 3. The van der Waals surface area contributed by atoms with Crippen LogP contribution in [0.3, 0.4) is 0 Å². The number of hydrogen-bond donors (Lipinski definition) is 1. The quantitative estimate of drug-likeness (QED) is 0.907. The normalized spacial score (nSPS) is 21.5. The number of aromatic nitrogens is 1. The van der Waals surface area contributed by atoms with Crippen LogP contribution in [0.5, 0.6) is 0 Å². The number of pyridine rings is 1. The molecule has 2 saturated heterocycles. The van der Waals surface area contributed by atoms with Crippen LogP contribution in [-0.2, 0) is 6.42 Å². The van der Waals surface area contributed by atoms with E-state index in [4.69, 9.17) is 0 Å². The molecule has 0 bridgehead atoms. The second-order valence-corrected chi connectivity index (χ2v) is 7.97. The summed E-state index contributed by atoms with van der Waals surface area (Å²) in [6.07, 6.45) is 4.78. The highest BCUT2D eigenvalue weighted by atomic mass is 32.2. The van der Waals surface area contributed by atoms with Crippen LogP contribution in [0.15, 0.2) is 24.4 Å². The van der Waals surface area contributed by atoms with Crippen molar-refractivity contribution in [2.24, 2.45) is 0 Å². The number of carbonyl (C=O) groups is 1. The van der Waals surface area contributed by atoms with Crippen molar-refractivity contribution in [2.45, 2.75) is 38.3 Å². The largest absolute Gasteiger partial charge is 0.335 e. The van der Waals surface area contributed by atoms with Gasteiger partial charge in [0.15, 0.2) is 0 Å². The summed E-state index contributed by atoms with van der Waals surface area (Å²) in [5.41, 5.74) is 1.02. The Labute approximate surface area is 149 Å². The van der Waals surface area contributed by atoms with Gasteiger partial charge >= 0.3 is 6.03 Å². The maximum Gasteiger partial charge on any atom is 0.317 e. The smallest absolute Gasteiger partial charge is 0.317 e. The highest BCUT2D eigenvalue weighted by molar-refractivity contribution is 7.99. The summed E-state index contributed by atoms with van der Waals surface area (Å²) >= 11 is 2.05. The Morgan fingerprint density at radius 2 is 2.04 bits per heavy atom. The molecule has 0 unspecified atom stereocenters. The number of rotatable bonds is 4. The van der Waals surface area contributed by atoms with E-state index in [1.54, 1.807) is 6.20 Å². The van der Waals surface area contributed by atoms with Gasteiger partial charge in [-0.2, -0.15) is 11.8 Å². The molecule has 0 radical (unpaired) electrons. The van der Waals surface area contributed by atoms with Crippen molar-refractivity contribution in [3.8, 4) is 0 Å². The summed E-state index contributed by atoms with van der Waals surface area (Å²) < 4.78 is 0. The number of carbonyl (C=O) groups excluding carboxylic acids is 1. The van der Waals surface area contributed by atoms with E-state index in [1.165, 1.54) is 24.6 Å². The van der Waals surface area contributed by atoms with Gasteiger partial charge < -0.3 is 10.2 Å². The van der Waals surface area contributed by atoms with E-state index in [-0.39, 0.29) is 12.1 Å². The number of urea groups is 1. The van der Waals surface area contributed by atoms with Crippen molar-refractivity contribution in [3.05, 3.63) is 30.1 Å². The minimum atomic E-state index is 0.0751. The number of likely N-dealkylation sites (tertiary alicyclic amines) is 1. The SMILES string of the molecule is C[C@@H](Cc1ccccn1)NC(=O)N1CCC(N2CCSCC2)CC1. The Hall–Kier alpha value is -1.27. The van der Waals surface area contributed by atoms with Crippen LogP contribution in [0.25, 0.3) is 0 Å². The molecule has 1 atom stereocenters. The number of hydrogen-bond acceptors (Lipinski definition) is 4. The van der Waals surface area contributed by atoms with Crippen molar-refractivity contribution in [2.75, 3.05) is 37.7 Å². The first-order valence-corrected chi connectivity index (χ1v) is 10.1. The summed E-state index contributed by atoms with van der Waals surface area (Å²) in [5.74, 6) is 2.51. The van der Waals surface area contributed by atoms with Gasteiger partial charge in [0.2, 0.25) is 0 Å². The third-order valence-corrected chi connectivity index (χ3v) is 5.87. The average molecular weight is 349 g/mol. The molecule has 2 fully saturated rings. The van der Waals surface area contributed by atoms with Crippen LogP contribution in [0.1, 0.15) is 25.5 Å². The lowest BCUT2D eigenvalue weighted by atomic mass is 10.0. The van der Waals surface area contributed by atoms with Gasteiger partial charge in [-0.15, -0.1) is 0 Å². The van der Waals surface area contributed by atoms with Gasteiger partial charge in [-0.3, -0.25) is 9.88 Å². The number of amides is 2. The van der Waals surface area contributed by atoms with Gasteiger partial charge in [0.1, 0.15) is 0 Å². The van der Waals surface area contributed by atoms with E-state index in [2.05, 4.69) is 27.0 Å². The van der Waals surface area contributed by atoms with Gasteiger partial charge in [-0.1, -0.05) is 6.07 Å². The van der Waals surface area contributed by atoms with Crippen molar-refractivity contribution >= 4 is 17.8 Å². The molecule has 2 amide bonds. The van der Waals surface area contributed by atoms with E-state index in [9.17, 15) is 4.79 Å². The van der Waals surface area contributed by atoms with Crippen LogP contribution < -0.4 is 5.32 Å². The Morgan fingerprint density at radius 3 is 2.71 bits per heavy atom. The highest BCUT2D eigenvalue weighted by Gasteiger charge is 2.28. The van der Waals surface area contributed by atoms with Crippen molar-refractivity contribution in [1.29, 1.82) is 0 Å². The first-order valence-electron chi connectivity index (χ1n) is 8.99. The van der Waals surface area contributed by atoms with E-state index in [0.29, 0.717) is 6.04 Å². The third kappa shape index (κ3) is 4.86. The average Bonchev–Trinajstić information content (AvgIpc) is 2.63. The molecule has 6 heteroatoms. The molecule has 0 saturated carbocycles. The van der Waals surface area contributed by atoms with Gasteiger partial charge in [0.05, 0.1) is 0 Å². The number of nitrogens with one attached hydrogen (secondary N) is 1. The number of thioether (sulfide) groups is 1. The molecule has 0 aliphatic carbocycles. The molecular formula is C18H28N4OS. The molecule has 1 aromatic heterocycles. The molecule has 3 rings (SSSR count). The Kier molecular flexibility index (Phi) is 6.37. The molecule has 132 valence electrons. The zero-order chi connectivity index (χ0) is 16.8. The molecule has 1 aromatic rings.